The number of hydrogen-bond donors (Lipinski definition) is 2. The molecule has 9 nitrogen and oxygen atoms in total. The summed E-state index contributed by atoms with van der Waals surface area (Å²) in [6.45, 7) is 0.861. The van der Waals surface area contributed by atoms with Crippen molar-refractivity contribution in [3.05, 3.63) is 29.6 Å². The van der Waals surface area contributed by atoms with Gasteiger partial charge in [-0.3, -0.25) is 19.5 Å². The van der Waals surface area contributed by atoms with E-state index in [4.69, 9.17) is 18.3 Å². The number of cyclic esters (lactones) is 2. The number of esters is 2. The van der Waals surface area contributed by atoms with Crippen LogP contribution in [0.4, 0.5) is 0 Å². The van der Waals surface area contributed by atoms with Crippen molar-refractivity contribution < 1.29 is 68.9 Å². The minimum absolute atomic E-state index is 0. The predicted octanol–water partition coefficient (Wildman–Crippen LogP) is -1.20. The fourth-order valence-corrected chi connectivity index (χ4v) is 2.35. The molecule has 1 aliphatic rings. The van der Waals surface area contributed by atoms with Crippen LogP contribution in [0, 0.1) is 0 Å². The summed E-state index contributed by atoms with van der Waals surface area (Å²) in [5.41, 5.74) is 1.07. The molecule has 1 aliphatic heterocycles. The quantitative estimate of drug-likeness (QED) is 0.540. The number of aromatic nitrogens is 1. The van der Waals surface area contributed by atoms with Crippen molar-refractivity contribution in [3.63, 3.8) is 0 Å². The fourth-order valence-electron chi connectivity index (χ4n) is 2.35. The van der Waals surface area contributed by atoms with Gasteiger partial charge in [-0.1, -0.05) is 6.07 Å². The molecule has 27 heavy (non-hydrogen) atoms. The van der Waals surface area contributed by atoms with E-state index in [1.807, 2.05) is 0 Å². The Bertz CT molecular complexity index is 552. The van der Waals surface area contributed by atoms with Gasteiger partial charge in [0.25, 0.3) is 0 Å². The number of fused-ring (bicyclic) bond motifs is 2. The van der Waals surface area contributed by atoms with Gasteiger partial charge in [-0.2, -0.15) is 0 Å². The third-order valence-corrected chi connectivity index (χ3v) is 3.54. The van der Waals surface area contributed by atoms with E-state index in [0.717, 1.165) is 17.4 Å². The maximum absolute atomic E-state index is 11.8. The smallest absolute Gasteiger partial charge is 0 e. The van der Waals surface area contributed by atoms with Crippen LogP contribution in [0.3, 0.4) is 0 Å². The van der Waals surface area contributed by atoms with Crippen LogP contribution in [0.1, 0.15) is 11.4 Å². The van der Waals surface area contributed by atoms with E-state index in [2.05, 4.69) is 4.98 Å². The van der Waals surface area contributed by atoms with Crippen LogP contribution in [0.5, 0.6) is 0 Å². The van der Waals surface area contributed by atoms with Gasteiger partial charge in [0.1, 0.15) is 13.2 Å². The molecule has 2 N–H and O–H groups in total. The number of aliphatic hydroxyl groups excluding tert-OH is 2. The number of carbonyl (C=O) groups excluding carboxylic acids is 2. The Morgan fingerprint density at radius 1 is 1.07 bits per heavy atom. The Morgan fingerprint density at radius 3 is 2.00 bits per heavy atom. The van der Waals surface area contributed by atoms with Gasteiger partial charge in [-0.25, -0.2) is 0 Å². The minimum Gasteiger partial charge on any atom is 0 e. The molecule has 2 heterocycles. The first-order chi connectivity index (χ1) is 12.6. The van der Waals surface area contributed by atoms with E-state index in [0.29, 0.717) is 24.5 Å². The molecule has 2 rings (SSSR count). The first-order valence-electron chi connectivity index (χ1n) is 8.02. The van der Waals surface area contributed by atoms with Gasteiger partial charge >= 0.3 is 33.0 Å². The van der Waals surface area contributed by atoms with E-state index < -0.39 is 18.0 Å². The van der Waals surface area contributed by atoms with Gasteiger partial charge in [0.15, 0.2) is 0 Å². The topological polar surface area (TPSA) is 126 Å². The first kappa shape index (κ1) is 25.9. The standard InChI is InChI=1S/C16H22N2O6.O.2V/c19-11-14(20)10-18-4-6-23-15(21)8-12-2-1-3-13(17-12)9-16(22)24-7-5-18;;;/h1-3,14,19-20H,4-11H2;;;. The maximum Gasteiger partial charge on any atom is 0 e. The van der Waals surface area contributed by atoms with Crippen molar-refractivity contribution in [3.8, 4) is 0 Å². The molecule has 2 bridgehead atoms. The molecule has 0 amide bonds. The van der Waals surface area contributed by atoms with Crippen LogP contribution in [-0.4, -0.2) is 77.6 Å². The second kappa shape index (κ2) is 14.9. The molecular formula is C16H22N2O7V2. The number of carbonyl (C=O) groups is 2. The third kappa shape index (κ3) is 10.7. The van der Waals surface area contributed by atoms with Crippen LogP contribution >= 0.6 is 0 Å². The van der Waals surface area contributed by atoms with Gasteiger partial charge in [-0.15, -0.1) is 0 Å². The molecule has 1 atom stereocenters. The van der Waals surface area contributed by atoms with E-state index in [1.165, 1.54) is 0 Å². The summed E-state index contributed by atoms with van der Waals surface area (Å²) >= 11 is 1.06. The summed E-state index contributed by atoms with van der Waals surface area (Å²) in [5.74, 6) is -0.802. The van der Waals surface area contributed by atoms with Crippen LogP contribution in [0.15, 0.2) is 18.2 Å². The maximum atomic E-state index is 11.8. The van der Waals surface area contributed by atoms with E-state index in [-0.39, 0.29) is 57.8 Å². The van der Waals surface area contributed by atoms with Crippen LogP contribution in [0.25, 0.3) is 0 Å². The Kier molecular flexibility index (Phi) is 14.3. The summed E-state index contributed by atoms with van der Waals surface area (Å²) in [6, 6.07) is 5.14. The summed E-state index contributed by atoms with van der Waals surface area (Å²) in [7, 11) is 0. The number of pyridine rings is 1. The molecule has 0 saturated heterocycles. The van der Waals surface area contributed by atoms with Crippen molar-refractivity contribution in [1.82, 2.24) is 9.88 Å². The molecule has 1 radical (unpaired) electrons. The Balaban J connectivity index is 0.00000218. The van der Waals surface area contributed by atoms with E-state index in [1.54, 1.807) is 23.1 Å². The number of ether oxygens (including phenoxy) is 2. The molecule has 148 valence electrons. The Morgan fingerprint density at radius 2 is 1.56 bits per heavy atom. The van der Waals surface area contributed by atoms with Crippen molar-refractivity contribution in [2.75, 3.05) is 39.5 Å². The Labute approximate surface area is 178 Å². The molecule has 0 aromatic carbocycles. The zero-order valence-electron chi connectivity index (χ0n) is 14.7. The molecule has 0 saturated carbocycles. The molecule has 0 spiro atoms. The summed E-state index contributed by atoms with van der Waals surface area (Å²) < 4.78 is 18.5. The average Bonchev–Trinajstić information content (AvgIpc) is 2.62. The molecule has 0 aliphatic carbocycles. The zero-order valence-corrected chi connectivity index (χ0v) is 17.5. The van der Waals surface area contributed by atoms with Crippen LogP contribution < -0.4 is 0 Å². The normalized spacial score (nSPS) is 17.1. The van der Waals surface area contributed by atoms with Crippen molar-refractivity contribution >= 4 is 11.9 Å². The second-order valence-corrected chi connectivity index (χ2v) is 5.55. The largest absolute Gasteiger partial charge is 0 e. The van der Waals surface area contributed by atoms with E-state index in [9.17, 15) is 14.7 Å². The molecule has 11 heteroatoms. The molecule has 1 unspecified atom stereocenters. The summed E-state index contributed by atoms with van der Waals surface area (Å²) in [5, 5.41) is 18.5. The number of rotatable bonds is 3. The fraction of sp³-hybridized carbons (Fsp3) is 0.562. The van der Waals surface area contributed by atoms with Gasteiger partial charge in [-0.05, 0) is 12.1 Å². The van der Waals surface area contributed by atoms with Crippen LogP contribution in [0.2, 0.25) is 0 Å². The zero-order chi connectivity index (χ0) is 19.4. The van der Waals surface area contributed by atoms with Crippen molar-refractivity contribution in [1.29, 1.82) is 0 Å². The SMILES string of the molecule is O=C1Cc2cccc(n2)CC(=O)OCCN(CC(O)CO)CCO1.[O]=[V].[V]. The van der Waals surface area contributed by atoms with Gasteiger partial charge in [0, 0.05) is 38.2 Å². The number of β-amino-alcohol motifs (C(OH)–C–C–N with tert-alkyl or cyclic N) is 1. The predicted molar refractivity (Wildman–Crippen MR) is 83.8 cm³/mol. The first-order valence-corrected chi connectivity index (χ1v) is 8.59. The van der Waals surface area contributed by atoms with Gasteiger partial charge < -0.3 is 19.7 Å². The molecular weight excluding hydrogens is 434 g/mol. The van der Waals surface area contributed by atoms with Gasteiger partial charge in [0.05, 0.1) is 36.9 Å². The number of nitrogens with zero attached hydrogens (tertiary/aromatic N) is 2. The van der Waals surface area contributed by atoms with Crippen LogP contribution in [-0.2, 0) is 71.5 Å². The minimum atomic E-state index is -0.903. The van der Waals surface area contributed by atoms with Crippen molar-refractivity contribution in [2.24, 2.45) is 0 Å². The summed E-state index contributed by atoms with van der Waals surface area (Å²) in [4.78, 5) is 29.7. The van der Waals surface area contributed by atoms with Crippen molar-refractivity contribution in [2.45, 2.75) is 18.9 Å². The Hall–Kier alpha value is -1.06. The number of hydrogen-bond acceptors (Lipinski definition) is 9. The number of aliphatic hydroxyl groups is 2. The van der Waals surface area contributed by atoms with Gasteiger partial charge in [0.2, 0.25) is 0 Å². The molecule has 1 aromatic rings. The summed E-state index contributed by atoms with van der Waals surface area (Å²) in [6.07, 6.45) is -0.844. The monoisotopic (exact) mass is 456 g/mol. The van der Waals surface area contributed by atoms with E-state index >= 15 is 0 Å². The molecule has 1 aromatic heterocycles. The second-order valence-electron chi connectivity index (χ2n) is 5.55. The third-order valence-electron chi connectivity index (χ3n) is 3.54. The molecule has 0 fully saturated rings. The average molecular weight is 456 g/mol.